The van der Waals surface area contributed by atoms with Crippen molar-refractivity contribution in [3.8, 4) is 0 Å². The van der Waals surface area contributed by atoms with Crippen LogP contribution >= 0.6 is 0 Å². The minimum atomic E-state index is 0.969. The second-order valence-electron chi connectivity index (χ2n) is 4.52. The third kappa shape index (κ3) is 3.71. The number of benzene rings is 1. The quantitative estimate of drug-likeness (QED) is 0.812. The molecule has 3 heteroatoms. The lowest BCUT2D eigenvalue weighted by atomic mass is 10.1. The Balaban J connectivity index is 2.14. The fourth-order valence-corrected chi connectivity index (χ4v) is 1.98. The van der Waals surface area contributed by atoms with E-state index in [1.807, 2.05) is 18.5 Å². The first-order valence-electron chi connectivity index (χ1n) is 6.87. The Bertz CT molecular complexity index is 523. The van der Waals surface area contributed by atoms with Crippen molar-refractivity contribution in [1.29, 1.82) is 0 Å². The summed E-state index contributed by atoms with van der Waals surface area (Å²) in [5.41, 5.74) is 4.54. The van der Waals surface area contributed by atoms with E-state index in [-0.39, 0.29) is 0 Å². The average Bonchev–Trinajstić information content (AvgIpc) is 2.46. The van der Waals surface area contributed by atoms with Crippen LogP contribution < -0.4 is 10.6 Å². The highest BCUT2D eigenvalue weighted by Gasteiger charge is 2.01. The molecule has 0 aliphatic carbocycles. The molecule has 100 valence electrons. The summed E-state index contributed by atoms with van der Waals surface area (Å²) in [4.78, 5) is 4.26. The fraction of sp³-hybridized carbons (Fsp3) is 0.312. The predicted octanol–water partition coefficient (Wildman–Crippen LogP) is 4.21. The van der Waals surface area contributed by atoms with Crippen LogP contribution in [-0.4, -0.2) is 11.5 Å². The standard InChI is InChI=1S/C16H21N3/c1-3-9-18-14-10-15(12-17-11-14)19-16-8-6-5-7-13(16)4-2/h5-8,10-12,18-19H,3-4,9H2,1-2H3. The van der Waals surface area contributed by atoms with Crippen molar-refractivity contribution in [2.75, 3.05) is 17.2 Å². The first kappa shape index (κ1) is 13.4. The summed E-state index contributed by atoms with van der Waals surface area (Å²) in [5.74, 6) is 0. The van der Waals surface area contributed by atoms with Crippen molar-refractivity contribution in [3.63, 3.8) is 0 Å². The largest absolute Gasteiger partial charge is 0.384 e. The second-order valence-corrected chi connectivity index (χ2v) is 4.52. The summed E-state index contributed by atoms with van der Waals surface area (Å²) in [6.45, 7) is 5.29. The van der Waals surface area contributed by atoms with Crippen LogP contribution in [0.4, 0.5) is 17.1 Å². The summed E-state index contributed by atoms with van der Waals surface area (Å²) in [6.07, 6.45) is 5.83. The number of para-hydroxylation sites is 1. The van der Waals surface area contributed by atoms with E-state index in [0.29, 0.717) is 0 Å². The van der Waals surface area contributed by atoms with Gasteiger partial charge in [0.05, 0.1) is 23.8 Å². The summed E-state index contributed by atoms with van der Waals surface area (Å²) < 4.78 is 0. The number of hydrogen-bond donors (Lipinski definition) is 2. The van der Waals surface area contributed by atoms with Gasteiger partial charge in [0.2, 0.25) is 0 Å². The van der Waals surface area contributed by atoms with Gasteiger partial charge in [-0.1, -0.05) is 32.0 Å². The second kappa shape index (κ2) is 6.78. The minimum absolute atomic E-state index is 0.969. The van der Waals surface area contributed by atoms with Crippen molar-refractivity contribution >= 4 is 17.1 Å². The maximum absolute atomic E-state index is 4.26. The monoisotopic (exact) mass is 255 g/mol. The number of nitrogens with zero attached hydrogens (tertiary/aromatic N) is 1. The Labute approximate surface area is 115 Å². The van der Waals surface area contributed by atoms with E-state index in [2.05, 4.69) is 53.7 Å². The highest BCUT2D eigenvalue weighted by Crippen LogP contribution is 2.22. The summed E-state index contributed by atoms with van der Waals surface area (Å²) in [6, 6.07) is 10.5. The minimum Gasteiger partial charge on any atom is -0.384 e. The summed E-state index contributed by atoms with van der Waals surface area (Å²) >= 11 is 0. The van der Waals surface area contributed by atoms with Gasteiger partial charge in [-0.25, -0.2) is 0 Å². The molecule has 19 heavy (non-hydrogen) atoms. The fourth-order valence-electron chi connectivity index (χ4n) is 1.98. The molecule has 0 atom stereocenters. The van der Waals surface area contributed by atoms with Gasteiger partial charge in [-0.05, 0) is 30.5 Å². The lowest BCUT2D eigenvalue weighted by molar-refractivity contribution is 0.977. The number of aromatic nitrogens is 1. The van der Waals surface area contributed by atoms with Gasteiger partial charge in [-0.15, -0.1) is 0 Å². The molecule has 0 spiro atoms. The van der Waals surface area contributed by atoms with E-state index in [0.717, 1.165) is 36.4 Å². The molecule has 0 fully saturated rings. The Kier molecular flexibility index (Phi) is 4.78. The molecule has 1 aromatic carbocycles. The van der Waals surface area contributed by atoms with Gasteiger partial charge >= 0.3 is 0 Å². The number of aryl methyl sites for hydroxylation is 1. The van der Waals surface area contributed by atoms with E-state index in [1.165, 1.54) is 5.56 Å². The highest BCUT2D eigenvalue weighted by atomic mass is 14.9. The zero-order valence-electron chi connectivity index (χ0n) is 11.6. The van der Waals surface area contributed by atoms with E-state index in [4.69, 9.17) is 0 Å². The number of hydrogen-bond acceptors (Lipinski definition) is 3. The van der Waals surface area contributed by atoms with Crippen LogP contribution in [-0.2, 0) is 6.42 Å². The normalized spacial score (nSPS) is 10.2. The molecule has 0 saturated carbocycles. The van der Waals surface area contributed by atoms with Crippen LogP contribution in [0.2, 0.25) is 0 Å². The molecule has 2 N–H and O–H groups in total. The SMILES string of the molecule is CCCNc1cncc(Nc2ccccc2CC)c1. The van der Waals surface area contributed by atoms with E-state index < -0.39 is 0 Å². The zero-order chi connectivity index (χ0) is 13.5. The lowest BCUT2D eigenvalue weighted by Gasteiger charge is -2.12. The molecule has 0 aliphatic heterocycles. The highest BCUT2D eigenvalue weighted by molar-refractivity contribution is 5.65. The lowest BCUT2D eigenvalue weighted by Crippen LogP contribution is -2.01. The molecule has 1 aromatic heterocycles. The smallest absolute Gasteiger partial charge is 0.0591 e. The number of anilines is 3. The number of pyridine rings is 1. The van der Waals surface area contributed by atoms with Crippen molar-refractivity contribution in [2.45, 2.75) is 26.7 Å². The molecule has 2 rings (SSSR count). The molecular formula is C16H21N3. The first-order chi connectivity index (χ1) is 9.33. The molecule has 3 nitrogen and oxygen atoms in total. The van der Waals surface area contributed by atoms with Gasteiger partial charge in [0.15, 0.2) is 0 Å². The summed E-state index contributed by atoms with van der Waals surface area (Å²) in [5, 5.41) is 6.78. The molecule has 2 aromatic rings. The maximum Gasteiger partial charge on any atom is 0.0591 e. The molecule has 1 heterocycles. The summed E-state index contributed by atoms with van der Waals surface area (Å²) in [7, 11) is 0. The van der Waals surface area contributed by atoms with Gasteiger partial charge < -0.3 is 10.6 Å². The van der Waals surface area contributed by atoms with Crippen LogP contribution in [0.15, 0.2) is 42.7 Å². The molecule has 0 bridgehead atoms. The topological polar surface area (TPSA) is 37.0 Å². The van der Waals surface area contributed by atoms with E-state index in [9.17, 15) is 0 Å². The van der Waals surface area contributed by atoms with Crippen molar-refractivity contribution < 1.29 is 0 Å². The van der Waals surface area contributed by atoms with Gasteiger partial charge in [-0.2, -0.15) is 0 Å². The number of nitrogens with one attached hydrogen (secondary N) is 2. The van der Waals surface area contributed by atoms with E-state index in [1.54, 1.807) is 0 Å². The Morgan fingerprint density at radius 2 is 1.84 bits per heavy atom. The molecule has 0 radical (unpaired) electrons. The van der Waals surface area contributed by atoms with Crippen LogP contribution in [0.25, 0.3) is 0 Å². The third-order valence-corrected chi connectivity index (χ3v) is 2.99. The average molecular weight is 255 g/mol. The van der Waals surface area contributed by atoms with Gasteiger partial charge in [0, 0.05) is 12.2 Å². The predicted molar refractivity (Wildman–Crippen MR) is 82.1 cm³/mol. The van der Waals surface area contributed by atoms with Crippen LogP contribution in [0.1, 0.15) is 25.8 Å². The van der Waals surface area contributed by atoms with Gasteiger partial charge in [0.1, 0.15) is 0 Å². The zero-order valence-corrected chi connectivity index (χ0v) is 11.6. The van der Waals surface area contributed by atoms with Crippen molar-refractivity contribution in [1.82, 2.24) is 4.98 Å². The Hall–Kier alpha value is -2.03. The first-order valence-corrected chi connectivity index (χ1v) is 6.87. The molecule has 0 unspecified atom stereocenters. The van der Waals surface area contributed by atoms with E-state index >= 15 is 0 Å². The maximum atomic E-state index is 4.26. The molecular weight excluding hydrogens is 234 g/mol. The van der Waals surface area contributed by atoms with Gasteiger partial charge in [0.25, 0.3) is 0 Å². The molecule has 0 amide bonds. The Morgan fingerprint density at radius 3 is 2.63 bits per heavy atom. The van der Waals surface area contributed by atoms with Crippen LogP contribution in [0.5, 0.6) is 0 Å². The third-order valence-electron chi connectivity index (χ3n) is 2.99. The van der Waals surface area contributed by atoms with Gasteiger partial charge in [-0.3, -0.25) is 4.98 Å². The van der Waals surface area contributed by atoms with Crippen molar-refractivity contribution in [2.24, 2.45) is 0 Å². The van der Waals surface area contributed by atoms with Crippen molar-refractivity contribution in [3.05, 3.63) is 48.3 Å². The molecule has 0 aliphatic rings. The Morgan fingerprint density at radius 1 is 1.05 bits per heavy atom. The van der Waals surface area contributed by atoms with Crippen LogP contribution in [0, 0.1) is 0 Å². The molecule has 0 saturated heterocycles. The van der Waals surface area contributed by atoms with Crippen LogP contribution in [0.3, 0.4) is 0 Å². The number of rotatable bonds is 6.